The Kier molecular flexibility index (Phi) is 5.03. The fourth-order valence-corrected chi connectivity index (χ4v) is 4.11. The van der Waals surface area contributed by atoms with E-state index in [9.17, 15) is 9.59 Å². The van der Waals surface area contributed by atoms with Crippen molar-refractivity contribution >= 4 is 26.8 Å². The molecule has 0 saturated carbocycles. The molecule has 7 nitrogen and oxygen atoms in total. The van der Waals surface area contributed by atoms with Crippen LogP contribution in [0.4, 0.5) is 0 Å². The number of halogens is 1. The molecule has 0 amide bonds. The molecule has 0 aliphatic carbocycles. The van der Waals surface area contributed by atoms with Crippen molar-refractivity contribution in [1.29, 1.82) is 0 Å². The number of aromatic nitrogens is 3. The van der Waals surface area contributed by atoms with Crippen molar-refractivity contribution in [3.05, 3.63) is 74.0 Å². The maximum Gasteiger partial charge on any atom is 0.330 e. The van der Waals surface area contributed by atoms with Crippen LogP contribution in [0.2, 0.25) is 0 Å². The van der Waals surface area contributed by atoms with Gasteiger partial charge < -0.3 is 14.0 Å². The van der Waals surface area contributed by atoms with E-state index < -0.39 is 0 Å². The Balaban J connectivity index is 2.22. The van der Waals surface area contributed by atoms with Crippen LogP contribution in [0.1, 0.15) is 0 Å². The first-order chi connectivity index (χ1) is 14.4. The summed E-state index contributed by atoms with van der Waals surface area (Å²) in [5, 5.41) is 0.448. The number of benzene rings is 2. The number of hydrogen-bond donors (Lipinski definition) is 0. The van der Waals surface area contributed by atoms with Gasteiger partial charge in [0.15, 0.2) is 0 Å². The third-order valence-corrected chi connectivity index (χ3v) is 5.91. The predicted octanol–water partition coefficient (Wildman–Crippen LogP) is 3.47. The average molecular weight is 470 g/mol. The SMILES string of the molecule is COc1ccc(-n2cc3c(c2-c2ccccc2Br)c(=O)n(C)c(=O)n3C)c(OC)c1. The Morgan fingerprint density at radius 3 is 2.33 bits per heavy atom. The van der Waals surface area contributed by atoms with E-state index in [2.05, 4.69) is 15.9 Å². The summed E-state index contributed by atoms with van der Waals surface area (Å²) in [4.78, 5) is 25.7. The second-order valence-corrected chi connectivity index (χ2v) is 7.69. The van der Waals surface area contributed by atoms with Crippen LogP contribution < -0.4 is 20.7 Å². The molecule has 4 rings (SSSR count). The fraction of sp³-hybridized carbons (Fsp3) is 0.182. The molecule has 0 aliphatic rings. The van der Waals surface area contributed by atoms with Gasteiger partial charge in [-0.25, -0.2) is 4.79 Å². The van der Waals surface area contributed by atoms with E-state index in [1.165, 1.54) is 11.6 Å². The van der Waals surface area contributed by atoms with Gasteiger partial charge in [0.25, 0.3) is 5.56 Å². The number of nitrogens with zero attached hydrogens (tertiary/aromatic N) is 3. The molecule has 4 aromatic rings. The largest absolute Gasteiger partial charge is 0.497 e. The molecule has 8 heteroatoms. The summed E-state index contributed by atoms with van der Waals surface area (Å²) in [6.07, 6.45) is 1.79. The first-order valence-electron chi connectivity index (χ1n) is 9.17. The second kappa shape index (κ2) is 7.53. The van der Waals surface area contributed by atoms with E-state index >= 15 is 0 Å². The number of aryl methyl sites for hydroxylation is 1. The van der Waals surface area contributed by atoms with Crippen LogP contribution in [0.3, 0.4) is 0 Å². The van der Waals surface area contributed by atoms with Crippen molar-refractivity contribution in [1.82, 2.24) is 13.7 Å². The minimum Gasteiger partial charge on any atom is -0.497 e. The Hall–Kier alpha value is -3.26. The highest BCUT2D eigenvalue weighted by Crippen LogP contribution is 2.38. The van der Waals surface area contributed by atoms with Crippen LogP contribution in [0.5, 0.6) is 11.5 Å². The summed E-state index contributed by atoms with van der Waals surface area (Å²) < 4.78 is 16.2. The lowest BCUT2D eigenvalue weighted by atomic mass is 10.1. The van der Waals surface area contributed by atoms with Gasteiger partial charge in [0, 0.05) is 36.4 Å². The minimum atomic E-state index is -0.384. The first kappa shape index (κ1) is 20.0. The molecule has 0 unspecified atom stereocenters. The summed E-state index contributed by atoms with van der Waals surface area (Å²) in [6, 6.07) is 13.1. The van der Waals surface area contributed by atoms with Gasteiger partial charge in [-0.2, -0.15) is 0 Å². The zero-order chi connectivity index (χ0) is 21.6. The number of methoxy groups -OCH3 is 2. The molecule has 0 N–H and O–H groups in total. The summed E-state index contributed by atoms with van der Waals surface area (Å²) in [5.41, 5.74) is 2.00. The van der Waals surface area contributed by atoms with Gasteiger partial charge in [0.2, 0.25) is 0 Å². The Labute approximate surface area is 180 Å². The summed E-state index contributed by atoms with van der Waals surface area (Å²) in [7, 11) is 6.31. The molecular weight excluding hydrogens is 450 g/mol. The highest BCUT2D eigenvalue weighted by atomic mass is 79.9. The zero-order valence-corrected chi connectivity index (χ0v) is 18.6. The van der Waals surface area contributed by atoms with Gasteiger partial charge in [0.1, 0.15) is 11.5 Å². The molecule has 0 spiro atoms. The molecule has 0 radical (unpaired) electrons. The maximum absolute atomic E-state index is 13.2. The van der Waals surface area contributed by atoms with Crippen molar-refractivity contribution in [2.24, 2.45) is 14.1 Å². The van der Waals surface area contributed by atoms with Crippen molar-refractivity contribution in [2.75, 3.05) is 14.2 Å². The smallest absolute Gasteiger partial charge is 0.330 e. The molecule has 0 saturated heterocycles. The number of rotatable bonds is 4. The fourth-order valence-electron chi connectivity index (χ4n) is 3.63. The third-order valence-electron chi connectivity index (χ3n) is 5.21. The van der Waals surface area contributed by atoms with E-state index in [4.69, 9.17) is 9.47 Å². The molecular formula is C22H20BrN3O4. The highest BCUT2D eigenvalue weighted by Gasteiger charge is 2.23. The lowest BCUT2D eigenvalue weighted by molar-refractivity contribution is 0.393. The molecule has 0 aliphatic heterocycles. The van der Waals surface area contributed by atoms with Gasteiger partial charge >= 0.3 is 5.69 Å². The predicted molar refractivity (Wildman–Crippen MR) is 120 cm³/mol. The highest BCUT2D eigenvalue weighted by molar-refractivity contribution is 9.10. The van der Waals surface area contributed by atoms with Gasteiger partial charge in [-0.05, 0) is 18.2 Å². The second-order valence-electron chi connectivity index (χ2n) is 6.83. The van der Waals surface area contributed by atoms with E-state index in [0.29, 0.717) is 28.1 Å². The van der Waals surface area contributed by atoms with Gasteiger partial charge in [-0.1, -0.05) is 34.1 Å². The average Bonchev–Trinajstić information content (AvgIpc) is 3.16. The quantitative estimate of drug-likeness (QED) is 0.458. The van der Waals surface area contributed by atoms with Gasteiger partial charge in [-0.15, -0.1) is 0 Å². The summed E-state index contributed by atoms with van der Waals surface area (Å²) in [5.74, 6) is 1.22. The lowest BCUT2D eigenvalue weighted by Gasteiger charge is -2.15. The molecule has 0 atom stereocenters. The summed E-state index contributed by atoms with van der Waals surface area (Å²) >= 11 is 3.60. The maximum atomic E-state index is 13.2. The topological polar surface area (TPSA) is 67.4 Å². The normalized spacial score (nSPS) is 11.1. The molecule has 0 fully saturated rings. The van der Waals surface area contributed by atoms with Crippen LogP contribution in [0, 0.1) is 0 Å². The van der Waals surface area contributed by atoms with Gasteiger partial charge in [-0.3, -0.25) is 13.9 Å². The van der Waals surface area contributed by atoms with Crippen LogP contribution in [0.15, 0.2) is 62.7 Å². The van der Waals surface area contributed by atoms with Crippen molar-refractivity contribution in [2.45, 2.75) is 0 Å². The van der Waals surface area contributed by atoms with Crippen molar-refractivity contribution in [3.8, 4) is 28.4 Å². The molecule has 2 heterocycles. The van der Waals surface area contributed by atoms with E-state index in [1.807, 2.05) is 41.0 Å². The molecule has 2 aromatic heterocycles. The van der Waals surface area contributed by atoms with Crippen LogP contribution in [-0.2, 0) is 14.1 Å². The van der Waals surface area contributed by atoms with Crippen molar-refractivity contribution < 1.29 is 9.47 Å². The first-order valence-corrected chi connectivity index (χ1v) is 9.96. The number of ether oxygens (including phenoxy) is 2. The minimum absolute atomic E-state index is 0.356. The molecule has 30 heavy (non-hydrogen) atoms. The van der Waals surface area contributed by atoms with Crippen molar-refractivity contribution in [3.63, 3.8) is 0 Å². The third kappa shape index (κ3) is 2.95. The van der Waals surface area contributed by atoms with E-state index in [-0.39, 0.29) is 11.2 Å². The monoisotopic (exact) mass is 469 g/mol. The van der Waals surface area contributed by atoms with E-state index in [1.54, 1.807) is 33.5 Å². The van der Waals surface area contributed by atoms with Gasteiger partial charge in [0.05, 0.1) is 36.5 Å². The standard InChI is InChI=1S/C22H20BrN3O4/c1-24-17-12-26(16-10-9-13(29-3)11-18(16)30-4)20(14-7-5-6-8-15(14)23)19(17)21(27)25(2)22(24)28/h5-12H,1-4H3. The van der Waals surface area contributed by atoms with Crippen LogP contribution >= 0.6 is 15.9 Å². The zero-order valence-electron chi connectivity index (χ0n) is 17.0. The molecule has 0 bridgehead atoms. The number of fused-ring (bicyclic) bond motifs is 1. The Morgan fingerprint density at radius 1 is 0.933 bits per heavy atom. The lowest BCUT2D eigenvalue weighted by Crippen LogP contribution is -2.36. The molecule has 2 aromatic carbocycles. The number of hydrogen-bond acceptors (Lipinski definition) is 4. The van der Waals surface area contributed by atoms with Crippen LogP contribution in [-0.4, -0.2) is 27.9 Å². The Bertz CT molecular complexity index is 1400. The molecule has 154 valence electrons. The van der Waals surface area contributed by atoms with Crippen LogP contribution in [0.25, 0.3) is 27.8 Å². The summed E-state index contributed by atoms with van der Waals surface area (Å²) in [6.45, 7) is 0. The van der Waals surface area contributed by atoms with E-state index in [0.717, 1.165) is 20.3 Å². The Morgan fingerprint density at radius 2 is 1.67 bits per heavy atom.